The van der Waals surface area contributed by atoms with Crippen molar-refractivity contribution < 1.29 is 4.79 Å². The van der Waals surface area contributed by atoms with Gasteiger partial charge >= 0.3 is 0 Å². The van der Waals surface area contributed by atoms with Crippen LogP contribution in [0.2, 0.25) is 0 Å². The van der Waals surface area contributed by atoms with Gasteiger partial charge in [-0.2, -0.15) is 0 Å². The van der Waals surface area contributed by atoms with Crippen LogP contribution in [0.25, 0.3) is 0 Å². The summed E-state index contributed by atoms with van der Waals surface area (Å²) in [4.78, 5) is 16.9. The highest BCUT2D eigenvalue weighted by Gasteiger charge is 2.30. The van der Waals surface area contributed by atoms with Crippen LogP contribution in [0.5, 0.6) is 0 Å². The van der Waals surface area contributed by atoms with E-state index in [0.29, 0.717) is 0 Å². The van der Waals surface area contributed by atoms with Gasteiger partial charge in [0.2, 0.25) is 5.91 Å². The maximum absolute atomic E-state index is 12.0. The Labute approximate surface area is 116 Å². The zero-order valence-electron chi connectivity index (χ0n) is 12.5. The third kappa shape index (κ3) is 3.91. The Kier molecular flexibility index (Phi) is 4.81. The third-order valence-electron chi connectivity index (χ3n) is 4.49. The van der Waals surface area contributed by atoms with Crippen molar-refractivity contribution in [3.8, 4) is 0 Å². The van der Waals surface area contributed by atoms with Crippen LogP contribution in [0.1, 0.15) is 20.3 Å². The molecule has 0 radical (unpaired) electrons. The lowest BCUT2D eigenvalue weighted by Gasteiger charge is -2.43. The Morgan fingerprint density at radius 3 is 2.58 bits per heavy atom. The van der Waals surface area contributed by atoms with Crippen LogP contribution < -0.4 is 10.6 Å². The first kappa shape index (κ1) is 14.8. The van der Waals surface area contributed by atoms with Crippen molar-refractivity contribution in [2.24, 2.45) is 5.92 Å². The quantitative estimate of drug-likeness (QED) is 0.737. The van der Waals surface area contributed by atoms with E-state index >= 15 is 0 Å². The van der Waals surface area contributed by atoms with E-state index in [-0.39, 0.29) is 17.4 Å². The smallest absolute Gasteiger partial charge is 0.224 e. The zero-order chi connectivity index (χ0) is 13.9. The summed E-state index contributed by atoms with van der Waals surface area (Å²) >= 11 is 0. The lowest BCUT2D eigenvalue weighted by molar-refractivity contribution is -0.125. The second-order valence-electron chi connectivity index (χ2n) is 6.51. The van der Waals surface area contributed by atoms with Crippen molar-refractivity contribution in [1.29, 1.82) is 0 Å². The second kappa shape index (κ2) is 6.20. The molecule has 1 amide bonds. The highest BCUT2D eigenvalue weighted by Crippen LogP contribution is 2.16. The molecule has 2 N–H and O–H groups in total. The van der Waals surface area contributed by atoms with Gasteiger partial charge in [0, 0.05) is 44.8 Å². The van der Waals surface area contributed by atoms with E-state index < -0.39 is 0 Å². The van der Waals surface area contributed by atoms with E-state index in [4.69, 9.17) is 0 Å². The Hall–Kier alpha value is -0.650. The van der Waals surface area contributed by atoms with Crippen LogP contribution in [0.3, 0.4) is 0 Å². The fourth-order valence-electron chi connectivity index (χ4n) is 2.85. The monoisotopic (exact) mass is 268 g/mol. The minimum atomic E-state index is 0.0446. The molecule has 0 bridgehead atoms. The van der Waals surface area contributed by atoms with E-state index in [1.165, 1.54) is 0 Å². The topological polar surface area (TPSA) is 47.6 Å². The molecule has 0 aromatic rings. The minimum absolute atomic E-state index is 0.0446. The number of hydrogen-bond donors (Lipinski definition) is 2. The Balaban J connectivity index is 1.78. The number of carbonyl (C=O) groups is 1. The molecule has 5 heteroatoms. The standard InChI is InChI=1S/C14H28N4O/c1-14(2,18-8-6-17(3)7-9-18)11-16-13(19)12-4-5-15-10-12/h12,15H,4-11H2,1-3H3,(H,16,19). The number of nitrogens with one attached hydrogen (secondary N) is 2. The van der Waals surface area contributed by atoms with Crippen molar-refractivity contribution in [3.63, 3.8) is 0 Å². The van der Waals surface area contributed by atoms with Gasteiger partial charge < -0.3 is 15.5 Å². The van der Waals surface area contributed by atoms with Crippen LogP contribution in [-0.4, -0.2) is 74.1 Å². The van der Waals surface area contributed by atoms with Crippen LogP contribution in [0.4, 0.5) is 0 Å². The SMILES string of the molecule is CN1CCN(C(C)(C)CNC(=O)C2CCNC2)CC1. The molecule has 1 unspecified atom stereocenters. The van der Waals surface area contributed by atoms with Gasteiger partial charge in [0.05, 0.1) is 5.92 Å². The van der Waals surface area contributed by atoms with Gasteiger partial charge in [-0.1, -0.05) is 0 Å². The van der Waals surface area contributed by atoms with Gasteiger partial charge in [-0.3, -0.25) is 9.69 Å². The Morgan fingerprint density at radius 2 is 2.00 bits per heavy atom. The molecule has 5 nitrogen and oxygen atoms in total. The highest BCUT2D eigenvalue weighted by molar-refractivity contribution is 5.79. The molecule has 2 aliphatic heterocycles. The van der Waals surface area contributed by atoms with Crippen LogP contribution >= 0.6 is 0 Å². The van der Waals surface area contributed by atoms with Crippen LogP contribution in [0, 0.1) is 5.92 Å². The van der Waals surface area contributed by atoms with Gasteiger partial charge in [0.1, 0.15) is 0 Å². The number of amides is 1. The van der Waals surface area contributed by atoms with Gasteiger partial charge in [-0.05, 0) is 33.9 Å². The Morgan fingerprint density at radius 1 is 1.32 bits per heavy atom. The predicted molar refractivity (Wildman–Crippen MR) is 77.1 cm³/mol. The summed E-state index contributed by atoms with van der Waals surface area (Å²) < 4.78 is 0. The molecule has 19 heavy (non-hydrogen) atoms. The van der Waals surface area contributed by atoms with E-state index in [1.807, 2.05) is 0 Å². The molecular weight excluding hydrogens is 240 g/mol. The summed E-state index contributed by atoms with van der Waals surface area (Å²) in [5, 5.41) is 6.38. The molecule has 0 spiro atoms. The van der Waals surface area contributed by atoms with Gasteiger partial charge in [-0.25, -0.2) is 0 Å². The number of hydrogen-bond acceptors (Lipinski definition) is 4. The fourth-order valence-corrected chi connectivity index (χ4v) is 2.85. The van der Waals surface area contributed by atoms with Crippen molar-refractivity contribution in [3.05, 3.63) is 0 Å². The molecule has 0 aromatic heterocycles. The predicted octanol–water partition coefficient (Wildman–Crippen LogP) is -0.262. The van der Waals surface area contributed by atoms with E-state index in [1.54, 1.807) is 0 Å². The molecule has 2 saturated heterocycles. The van der Waals surface area contributed by atoms with Gasteiger partial charge in [0.15, 0.2) is 0 Å². The number of carbonyl (C=O) groups excluding carboxylic acids is 1. The number of piperazine rings is 1. The molecule has 110 valence electrons. The maximum atomic E-state index is 12.0. The molecule has 0 saturated carbocycles. The van der Waals surface area contributed by atoms with Gasteiger partial charge in [0.25, 0.3) is 0 Å². The normalized spacial score (nSPS) is 26.6. The van der Waals surface area contributed by atoms with Crippen LogP contribution in [0.15, 0.2) is 0 Å². The van der Waals surface area contributed by atoms with Crippen molar-refractivity contribution >= 4 is 5.91 Å². The number of rotatable bonds is 4. The summed E-state index contributed by atoms with van der Waals surface area (Å²) in [5.74, 6) is 0.385. The molecule has 0 aliphatic carbocycles. The molecular formula is C14H28N4O. The van der Waals surface area contributed by atoms with Crippen molar-refractivity contribution in [1.82, 2.24) is 20.4 Å². The lowest BCUT2D eigenvalue weighted by atomic mass is 10.0. The average molecular weight is 268 g/mol. The van der Waals surface area contributed by atoms with Crippen molar-refractivity contribution in [2.75, 3.05) is 52.9 Å². The molecule has 2 aliphatic rings. The minimum Gasteiger partial charge on any atom is -0.354 e. The fraction of sp³-hybridized carbons (Fsp3) is 0.929. The summed E-state index contributed by atoms with van der Waals surface area (Å²) in [6.45, 7) is 11.4. The number of nitrogens with zero attached hydrogens (tertiary/aromatic N) is 2. The molecule has 0 aromatic carbocycles. The molecule has 2 heterocycles. The van der Waals surface area contributed by atoms with Crippen LogP contribution in [-0.2, 0) is 4.79 Å². The van der Waals surface area contributed by atoms with E-state index in [0.717, 1.165) is 52.2 Å². The first-order valence-electron chi connectivity index (χ1n) is 7.41. The number of likely N-dealkylation sites (N-methyl/N-ethyl adjacent to an activating group) is 1. The van der Waals surface area contributed by atoms with Gasteiger partial charge in [-0.15, -0.1) is 0 Å². The van der Waals surface area contributed by atoms with E-state index in [2.05, 4.69) is 41.3 Å². The average Bonchev–Trinajstić information content (AvgIpc) is 2.90. The van der Waals surface area contributed by atoms with Crippen molar-refractivity contribution in [2.45, 2.75) is 25.8 Å². The third-order valence-corrected chi connectivity index (χ3v) is 4.49. The van der Waals surface area contributed by atoms with E-state index in [9.17, 15) is 4.79 Å². The Bertz CT molecular complexity index is 305. The first-order valence-corrected chi connectivity index (χ1v) is 7.41. The summed E-state index contributed by atoms with van der Waals surface area (Å²) in [6, 6.07) is 0. The largest absolute Gasteiger partial charge is 0.354 e. The lowest BCUT2D eigenvalue weighted by Crippen LogP contribution is -2.58. The molecule has 2 rings (SSSR count). The summed E-state index contributed by atoms with van der Waals surface area (Å²) in [7, 11) is 2.17. The second-order valence-corrected chi connectivity index (χ2v) is 6.51. The molecule has 1 atom stereocenters. The maximum Gasteiger partial charge on any atom is 0.224 e. The first-order chi connectivity index (χ1) is 8.99. The highest BCUT2D eigenvalue weighted by atomic mass is 16.1. The summed E-state index contributed by atoms with van der Waals surface area (Å²) in [6.07, 6.45) is 0.973. The zero-order valence-corrected chi connectivity index (χ0v) is 12.5. The molecule has 2 fully saturated rings. The summed E-state index contributed by atoms with van der Waals surface area (Å²) in [5.41, 5.74) is 0.0446.